The van der Waals surface area contributed by atoms with E-state index in [1.807, 2.05) is 50.2 Å². The van der Waals surface area contributed by atoms with Crippen molar-refractivity contribution >= 4 is 22.5 Å². The Morgan fingerprint density at radius 1 is 0.970 bits per heavy atom. The highest BCUT2D eigenvalue weighted by molar-refractivity contribution is 5.90. The van der Waals surface area contributed by atoms with E-state index >= 15 is 0 Å². The van der Waals surface area contributed by atoms with Crippen LogP contribution in [0.4, 0.5) is 5.69 Å². The van der Waals surface area contributed by atoms with Gasteiger partial charge in [-0.15, -0.1) is 0 Å². The summed E-state index contributed by atoms with van der Waals surface area (Å²) in [5, 5.41) is 3.40. The summed E-state index contributed by atoms with van der Waals surface area (Å²) in [5.41, 5.74) is 2.14. The van der Waals surface area contributed by atoms with Crippen LogP contribution in [0, 0.1) is 6.92 Å². The molecule has 0 aliphatic rings. The molecule has 1 aromatic heterocycles. The van der Waals surface area contributed by atoms with Gasteiger partial charge in [0.05, 0.1) is 23.8 Å². The lowest BCUT2D eigenvalue weighted by molar-refractivity contribution is -0.116. The third-order valence-electron chi connectivity index (χ3n) is 5.14. The zero-order chi connectivity index (χ0) is 23.2. The highest BCUT2D eigenvalue weighted by Gasteiger charge is 2.08. The summed E-state index contributed by atoms with van der Waals surface area (Å²) in [7, 11) is 0. The van der Waals surface area contributed by atoms with Crippen LogP contribution in [-0.4, -0.2) is 22.1 Å². The first-order valence-corrected chi connectivity index (χ1v) is 10.8. The van der Waals surface area contributed by atoms with Gasteiger partial charge in [0.2, 0.25) is 5.91 Å². The van der Waals surface area contributed by atoms with Crippen molar-refractivity contribution in [2.24, 2.45) is 0 Å². The molecule has 0 aliphatic heterocycles. The van der Waals surface area contributed by atoms with Gasteiger partial charge in [-0.05, 0) is 74.0 Å². The highest BCUT2D eigenvalue weighted by atomic mass is 16.5. The molecule has 0 aliphatic carbocycles. The van der Waals surface area contributed by atoms with E-state index < -0.39 is 0 Å². The molecule has 7 nitrogen and oxygen atoms in total. The molecule has 4 rings (SSSR count). The fourth-order valence-electron chi connectivity index (χ4n) is 3.46. The quantitative estimate of drug-likeness (QED) is 0.418. The first kappa shape index (κ1) is 22.1. The monoisotopic (exact) mass is 443 g/mol. The van der Waals surface area contributed by atoms with E-state index in [1.165, 1.54) is 10.9 Å². The molecule has 3 aromatic carbocycles. The molecule has 7 heteroatoms. The number of benzene rings is 3. The van der Waals surface area contributed by atoms with E-state index in [2.05, 4.69) is 10.3 Å². The van der Waals surface area contributed by atoms with Gasteiger partial charge in [0.15, 0.2) is 0 Å². The second-order valence-electron chi connectivity index (χ2n) is 7.54. The van der Waals surface area contributed by atoms with Gasteiger partial charge >= 0.3 is 0 Å². The number of fused-ring (bicyclic) bond motifs is 1. The van der Waals surface area contributed by atoms with Crippen LogP contribution in [0.25, 0.3) is 10.9 Å². The largest absolute Gasteiger partial charge is 0.494 e. The van der Waals surface area contributed by atoms with Crippen molar-refractivity contribution in [2.75, 3.05) is 11.9 Å². The average Bonchev–Trinajstić information content (AvgIpc) is 2.82. The molecule has 1 amide bonds. The molecule has 0 saturated heterocycles. The average molecular weight is 444 g/mol. The molecule has 0 saturated carbocycles. The second kappa shape index (κ2) is 9.99. The van der Waals surface area contributed by atoms with Gasteiger partial charge in [0.1, 0.15) is 17.2 Å². The highest BCUT2D eigenvalue weighted by Crippen LogP contribution is 2.25. The zero-order valence-corrected chi connectivity index (χ0v) is 18.6. The predicted octanol–water partition coefficient (Wildman–Crippen LogP) is 4.92. The molecule has 4 aromatic rings. The minimum absolute atomic E-state index is 0.146. The fraction of sp³-hybridized carbons (Fsp3) is 0.192. The number of rotatable bonds is 8. The van der Waals surface area contributed by atoms with Crippen LogP contribution in [0.2, 0.25) is 0 Å². The summed E-state index contributed by atoms with van der Waals surface area (Å²) in [4.78, 5) is 29.4. The van der Waals surface area contributed by atoms with Crippen molar-refractivity contribution in [1.82, 2.24) is 9.55 Å². The fourth-order valence-corrected chi connectivity index (χ4v) is 3.46. The van der Waals surface area contributed by atoms with E-state index in [1.54, 1.807) is 30.3 Å². The molecular weight excluding hydrogens is 418 g/mol. The Morgan fingerprint density at radius 2 is 1.64 bits per heavy atom. The topological polar surface area (TPSA) is 82.4 Å². The Hall–Kier alpha value is -4.13. The smallest absolute Gasteiger partial charge is 0.261 e. The van der Waals surface area contributed by atoms with Crippen LogP contribution in [0.5, 0.6) is 17.2 Å². The van der Waals surface area contributed by atoms with E-state index in [0.717, 1.165) is 11.3 Å². The van der Waals surface area contributed by atoms with E-state index in [-0.39, 0.29) is 24.4 Å². The van der Waals surface area contributed by atoms with Crippen molar-refractivity contribution < 1.29 is 14.3 Å². The SMILES string of the molecule is CCOc1ccc(Oc2ccc(NC(=O)CCn3cnc4c(C)cccc4c3=O)cc2)cc1. The number of nitrogens with zero attached hydrogens (tertiary/aromatic N) is 2. The molecule has 1 N–H and O–H groups in total. The lowest BCUT2D eigenvalue weighted by Gasteiger charge is -2.10. The summed E-state index contributed by atoms with van der Waals surface area (Å²) in [6.07, 6.45) is 1.65. The van der Waals surface area contributed by atoms with Crippen molar-refractivity contribution in [1.29, 1.82) is 0 Å². The Morgan fingerprint density at radius 3 is 2.33 bits per heavy atom. The Kier molecular flexibility index (Phi) is 6.69. The maximum absolute atomic E-state index is 12.7. The normalized spacial score (nSPS) is 10.7. The molecule has 0 fully saturated rings. The lowest BCUT2D eigenvalue weighted by atomic mass is 10.1. The van der Waals surface area contributed by atoms with E-state index in [9.17, 15) is 9.59 Å². The summed E-state index contributed by atoms with van der Waals surface area (Å²) in [6.45, 7) is 4.72. The van der Waals surface area contributed by atoms with Crippen LogP contribution in [0.15, 0.2) is 77.9 Å². The Bertz CT molecular complexity index is 1310. The first-order chi connectivity index (χ1) is 16.0. The summed E-state index contributed by atoms with van der Waals surface area (Å²) in [5.74, 6) is 1.95. The van der Waals surface area contributed by atoms with Crippen LogP contribution < -0.4 is 20.3 Å². The number of para-hydroxylation sites is 1. The summed E-state index contributed by atoms with van der Waals surface area (Å²) < 4.78 is 12.7. The summed E-state index contributed by atoms with van der Waals surface area (Å²) >= 11 is 0. The number of aromatic nitrogens is 2. The number of hydrogen-bond donors (Lipinski definition) is 1. The van der Waals surface area contributed by atoms with Crippen LogP contribution >= 0.6 is 0 Å². The van der Waals surface area contributed by atoms with Gasteiger partial charge in [0.25, 0.3) is 5.56 Å². The molecule has 0 unspecified atom stereocenters. The third-order valence-corrected chi connectivity index (χ3v) is 5.14. The van der Waals surface area contributed by atoms with Crippen LogP contribution in [0.3, 0.4) is 0 Å². The predicted molar refractivity (Wildman–Crippen MR) is 128 cm³/mol. The number of aryl methyl sites for hydroxylation is 2. The number of carbonyl (C=O) groups excluding carboxylic acids is 1. The number of nitrogens with one attached hydrogen (secondary N) is 1. The van der Waals surface area contributed by atoms with Gasteiger partial charge in [-0.2, -0.15) is 0 Å². The van der Waals surface area contributed by atoms with Gasteiger partial charge in [-0.3, -0.25) is 14.2 Å². The molecule has 168 valence electrons. The van der Waals surface area contributed by atoms with Crippen LogP contribution in [0.1, 0.15) is 18.9 Å². The van der Waals surface area contributed by atoms with Gasteiger partial charge in [0, 0.05) is 18.7 Å². The molecular formula is C26H25N3O4. The number of ether oxygens (including phenoxy) is 2. The van der Waals surface area contributed by atoms with E-state index in [4.69, 9.17) is 9.47 Å². The molecule has 0 radical (unpaired) electrons. The number of hydrogen-bond acceptors (Lipinski definition) is 5. The maximum Gasteiger partial charge on any atom is 0.261 e. The minimum atomic E-state index is -0.188. The van der Waals surface area contributed by atoms with Gasteiger partial charge in [-0.1, -0.05) is 12.1 Å². The molecule has 0 spiro atoms. The van der Waals surface area contributed by atoms with Gasteiger partial charge in [-0.25, -0.2) is 4.98 Å². The molecule has 1 heterocycles. The second-order valence-corrected chi connectivity index (χ2v) is 7.54. The number of amides is 1. The molecule has 0 bridgehead atoms. The standard InChI is InChI=1S/C26H25N3O4/c1-3-32-20-11-13-22(14-12-20)33-21-9-7-19(8-10-21)28-24(30)15-16-29-17-27-25-18(2)5-4-6-23(25)26(29)31/h4-14,17H,3,15-16H2,1-2H3,(H,28,30). The number of anilines is 1. The number of carbonyl (C=O) groups is 1. The molecule has 33 heavy (non-hydrogen) atoms. The Balaban J connectivity index is 1.33. The molecule has 0 atom stereocenters. The Labute approximate surface area is 191 Å². The van der Waals surface area contributed by atoms with Crippen molar-refractivity contribution in [3.8, 4) is 17.2 Å². The van der Waals surface area contributed by atoms with Crippen molar-refractivity contribution in [2.45, 2.75) is 26.8 Å². The lowest BCUT2D eigenvalue weighted by Crippen LogP contribution is -2.23. The minimum Gasteiger partial charge on any atom is -0.494 e. The van der Waals surface area contributed by atoms with Crippen molar-refractivity contribution in [3.05, 3.63) is 89.0 Å². The van der Waals surface area contributed by atoms with Crippen molar-refractivity contribution in [3.63, 3.8) is 0 Å². The third kappa shape index (κ3) is 5.38. The van der Waals surface area contributed by atoms with E-state index in [0.29, 0.717) is 34.7 Å². The zero-order valence-electron chi connectivity index (χ0n) is 18.6. The van der Waals surface area contributed by atoms with Gasteiger partial charge < -0.3 is 14.8 Å². The maximum atomic E-state index is 12.7. The van der Waals surface area contributed by atoms with Crippen LogP contribution in [-0.2, 0) is 11.3 Å². The first-order valence-electron chi connectivity index (χ1n) is 10.8. The summed E-state index contributed by atoms with van der Waals surface area (Å²) in [6, 6.07) is 20.0.